The van der Waals surface area contributed by atoms with Crippen LogP contribution in [0.3, 0.4) is 0 Å². The second-order valence-electron chi connectivity index (χ2n) is 4.08. The Balaban J connectivity index is 2.87. The van der Waals surface area contributed by atoms with Gasteiger partial charge in [-0.15, -0.1) is 0 Å². The lowest BCUT2D eigenvalue weighted by Crippen LogP contribution is -2.42. The van der Waals surface area contributed by atoms with E-state index in [9.17, 15) is 9.59 Å². The van der Waals surface area contributed by atoms with Gasteiger partial charge in [-0.1, -0.05) is 11.6 Å². The number of rotatable bonds is 4. The van der Waals surface area contributed by atoms with Crippen molar-refractivity contribution in [3.63, 3.8) is 0 Å². The maximum absolute atomic E-state index is 11.5. The van der Waals surface area contributed by atoms with Crippen LogP contribution in [0.1, 0.15) is 25.5 Å². The molecule has 1 rings (SSSR count). The zero-order chi connectivity index (χ0) is 14.6. The molecule has 2 atom stereocenters. The number of urea groups is 1. The molecule has 3 amide bonds. The van der Waals surface area contributed by atoms with E-state index in [0.717, 1.165) is 0 Å². The quantitative estimate of drug-likeness (QED) is 0.775. The van der Waals surface area contributed by atoms with Gasteiger partial charge in [0.05, 0.1) is 0 Å². The second kappa shape index (κ2) is 6.40. The Bertz CT molecular complexity index is 491. The van der Waals surface area contributed by atoms with Crippen molar-refractivity contribution in [1.29, 1.82) is 0 Å². The zero-order valence-electron chi connectivity index (χ0n) is 10.6. The molecule has 0 aliphatic heterocycles. The van der Waals surface area contributed by atoms with Crippen LogP contribution in [-0.2, 0) is 4.79 Å². The predicted octanol–water partition coefficient (Wildman–Crippen LogP) is 1.32. The summed E-state index contributed by atoms with van der Waals surface area (Å²) in [5.74, 6) is -0.190. The highest BCUT2D eigenvalue weighted by Crippen LogP contribution is 2.28. The van der Waals surface area contributed by atoms with Gasteiger partial charge in [-0.25, -0.2) is 4.79 Å². The molecular weight excluding hydrogens is 270 g/mol. The summed E-state index contributed by atoms with van der Waals surface area (Å²) in [6, 6.07) is 3.68. The van der Waals surface area contributed by atoms with Crippen LogP contribution in [0.5, 0.6) is 5.75 Å². The Morgan fingerprint density at radius 1 is 1.37 bits per heavy atom. The number of carbonyl (C=O) groups is 2. The van der Waals surface area contributed by atoms with Crippen molar-refractivity contribution in [2.24, 2.45) is 11.5 Å². The summed E-state index contributed by atoms with van der Waals surface area (Å²) in [6.45, 7) is 3.27. The molecule has 7 heteroatoms. The third kappa shape index (κ3) is 4.42. The molecule has 1 aromatic carbocycles. The molecule has 0 aliphatic rings. The molecule has 5 N–H and O–H groups in total. The minimum atomic E-state index is -0.927. The molecule has 0 saturated heterocycles. The fraction of sp³-hybridized carbons (Fsp3) is 0.333. The normalized spacial score (nSPS) is 13.5. The van der Waals surface area contributed by atoms with Gasteiger partial charge in [-0.05, 0) is 32.0 Å². The number of ether oxygens (including phenoxy) is 1. The van der Waals surface area contributed by atoms with Crippen LogP contribution >= 0.6 is 11.6 Å². The summed E-state index contributed by atoms with van der Waals surface area (Å²) >= 11 is 5.88. The average Bonchev–Trinajstić information content (AvgIpc) is 2.30. The molecule has 0 fully saturated rings. The number of hydrogen-bond acceptors (Lipinski definition) is 4. The van der Waals surface area contributed by atoms with E-state index in [1.807, 2.05) is 5.32 Å². The first-order valence-corrected chi connectivity index (χ1v) is 6.01. The summed E-state index contributed by atoms with van der Waals surface area (Å²) < 4.78 is 5.47. The van der Waals surface area contributed by atoms with Crippen molar-refractivity contribution < 1.29 is 14.3 Å². The predicted molar refractivity (Wildman–Crippen MR) is 71.9 cm³/mol. The Morgan fingerprint density at radius 3 is 2.53 bits per heavy atom. The van der Waals surface area contributed by atoms with E-state index < -0.39 is 18.0 Å². The summed E-state index contributed by atoms with van der Waals surface area (Å²) in [7, 11) is 0. The minimum absolute atomic E-state index is 0.305. The van der Waals surface area contributed by atoms with Gasteiger partial charge in [0.2, 0.25) is 0 Å². The molecule has 1 unspecified atom stereocenters. The molecule has 0 aromatic heterocycles. The Morgan fingerprint density at radius 2 is 2.00 bits per heavy atom. The summed E-state index contributed by atoms with van der Waals surface area (Å²) in [4.78, 5) is 22.1. The van der Waals surface area contributed by atoms with E-state index in [0.29, 0.717) is 16.3 Å². The standard InChI is InChI=1S/C12H16ClN3O3/c1-6(14)9-5-8(13)3-4-10(9)19-7(2)11(17)16-12(15)18/h3-7H,14H2,1-2H3,(H3,15,16,17,18)/t6-,7?/m0/s1. The number of benzene rings is 1. The summed E-state index contributed by atoms with van der Waals surface area (Å²) in [5.41, 5.74) is 11.3. The summed E-state index contributed by atoms with van der Waals surface area (Å²) in [5, 5.41) is 2.46. The van der Waals surface area contributed by atoms with Crippen molar-refractivity contribution in [3.05, 3.63) is 28.8 Å². The third-order valence-corrected chi connectivity index (χ3v) is 2.62. The fourth-order valence-electron chi connectivity index (χ4n) is 1.45. The number of halogens is 1. The molecule has 1 aromatic rings. The van der Waals surface area contributed by atoms with Crippen LogP contribution in [0.2, 0.25) is 5.02 Å². The SMILES string of the molecule is CC(Oc1ccc(Cl)cc1[C@H](C)N)C(=O)NC(N)=O. The smallest absolute Gasteiger partial charge is 0.318 e. The number of carbonyl (C=O) groups excluding carboxylic acids is 2. The average molecular weight is 286 g/mol. The van der Waals surface area contributed by atoms with Crippen LogP contribution in [0, 0.1) is 0 Å². The van der Waals surface area contributed by atoms with E-state index in [1.165, 1.54) is 6.92 Å². The van der Waals surface area contributed by atoms with Gasteiger partial charge in [0, 0.05) is 16.6 Å². The molecule has 6 nitrogen and oxygen atoms in total. The van der Waals surface area contributed by atoms with Gasteiger partial charge in [-0.2, -0.15) is 0 Å². The van der Waals surface area contributed by atoms with Gasteiger partial charge in [0.1, 0.15) is 5.75 Å². The molecule has 0 saturated carbocycles. The number of primary amides is 1. The van der Waals surface area contributed by atoms with Crippen molar-refractivity contribution in [1.82, 2.24) is 5.32 Å². The van der Waals surface area contributed by atoms with Gasteiger partial charge >= 0.3 is 6.03 Å². The van der Waals surface area contributed by atoms with Crippen molar-refractivity contribution in [3.8, 4) is 5.75 Å². The lowest BCUT2D eigenvalue weighted by Gasteiger charge is -2.18. The van der Waals surface area contributed by atoms with Crippen LogP contribution in [0.25, 0.3) is 0 Å². The van der Waals surface area contributed by atoms with E-state index in [-0.39, 0.29) is 6.04 Å². The molecular formula is C12H16ClN3O3. The fourth-order valence-corrected chi connectivity index (χ4v) is 1.63. The van der Waals surface area contributed by atoms with Gasteiger partial charge in [0.15, 0.2) is 6.10 Å². The van der Waals surface area contributed by atoms with E-state index >= 15 is 0 Å². The Kier molecular flexibility index (Phi) is 5.14. The number of hydrogen-bond donors (Lipinski definition) is 3. The van der Waals surface area contributed by atoms with Crippen LogP contribution in [0.15, 0.2) is 18.2 Å². The Hall–Kier alpha value is -1.79. The van der Waals surface area contributed by atoms with Gasteiger partial charge in [0.25, 0.3) is 5.91 Å². The van der Waals surface area contributed by atoms with E-state index in [4.69, 9.17) is 27.8 Å². The molecule has 104 valence electrons. The highest BCUT2D eigenvalue weighted by Gasteiger charge is 2.18. The molecule has 0 aliphatic carbocycles. The first-order chi connectivity index (χ1) is 8.81. The zero-order valence-corrected chi connectivity index (χ0v) is 11.4. The molecule has 0 radical (unpaired) electrons. The molecule has 0 bridgehead atoms. The van der Waals surface area contributed by atoms with Crippen LogP contribution < -0.4 is 21.5 Å². The number of nitrogens with one attached hydrogen (secondary N) is 1. The maximum atomic E-state index is 11.5. The first-order valence-electron chi connectivity index (χ1n) is 5.63. The number of amides is 3. The lowest BCUT2D eigenvalue weighted by atomic mass is 10.1. The topological polar surface area (TPSA) is 107 Å². The van der Waals surface area contributed by atoms with E-state index in [2.05, 4.69) is 0 Å². The van der Waals surface area contributed by atoms with Crippen molar-refractivity contribution in [2.45, 2.75) is 26.0 Å². The molecule has 19 heavy (non-hydrogen) atoms. The maximum Gasteiger partial charge on any atom is 0.318 e. The number of nitrogens with two attached hydrogens (primary N) is 2. The van der Waals surface area contributed by atoms with Crippen molar-refractivity contribution in [2.75, 3.05) is 0 Å². The van der Waals surface area contributed by atoms with Crippen LogP contribution in [-0.4, -0.2) is 18.0 Å². The lowest BCUT2D eigenvalue weighted by molar-refractivity contribution is -0.126. The van der Waals surface area contributed by atoms with E-state index in [1.54, 1.807) is 25.1 Å². The molecule has 0 heterocycles. The monoisotopic (exact) mass is 285 g/mol. The van der Waals surface area contributed by atoms with Gasteiger partial charge < -0.3 is 16.2 Å². The molecule has 0 spiro atoms. The third-order valence-electron chi connectivity index (χ3n) is 2.38. The number of imide groups is 1. The largest absolute Gasteiger partial charge is 0.481 e. The second-order valence-corrected chi connectivity index (χ2v) is 4.52. The van der Waals surface area contributed by atoms with Crippen LogP contribution in [0.4, 0.5) is 4.79 Å². The van der Waals surface area contributed by atoms with Gasteiger partial charge in [-0.3, -0.25) is 10.1 Å². The summed E-state index contributed by atoms with van der Waals surface area (Å²) in [6.07, 6.45) is -0.883. The Labute approximate surface area is 116 Å². The minimum Gasteiger partial charge on any atom is -0.481 e. The van der Waals surface area contributed by atoms with Crippen molar-refractivity contribution >= 4 is 23.5 Å². The highest BCUT2D eigenvalue weighted by molar-refractivity contribution is 6.30. The first kappa shape index (κ1) is 15.3. The highest BCUT2D eigenvalue weighted by atomic mass is 35.5.